The number of carbonyl (C=O) groups is 1. The van der Waals surface area contributed by atoms with Crippen LogP contribution in [-0.2, 0) is 11.8 Å². The van der Waals surface area contributed by atoms with Gasteiger partial charge in [0.15, 0.2) is 0 Å². The highest BCUT2D eigenvalue weighted by Crippen LogP contribution is 2.32. The first-order valence-electron chi connectivity index (χ1n) is 7.82. The molecule has 1 atom stereocenters. The van der Waals surface area contributed by atoms with E-state index in [2.05, 4.69) is 21.8 Å². The van der Waals surface area contributed by atoms with Crippen LogP contribution in [0.25, 0.3) is 0 Å². The molecule has 1 amide bonds. The molecule has 2 aliphatic rings. The molecule has 5 nitrogen and oxygen atoms in total. The van der Waals surface area contributed by atoms with Gasteiger partial charge in [-0.3, -0.25) is 9.48 Å². The van der Waals surface area contributed by atoms with Crippen LogP contribution in [0.15, 0.2) is 6.07 Å². The third-order valence-electron chi connectivity index (χ3n) is 4.55. The average Bonchev–Trinajstić information content (AvgIpc) is 3.10. The number of hydrogen-bond acceptors (Lipinski definition) is 3. The molecule has 1 aliphatic carbocycles. The van der Waals surface area contributed by atoms with E-state index in [1.807, 2.05) is 7.05 Å². The van der Waals surface area contributed by atoms with E-state index in [9.17, 15) is 4.79 Å². The second kappa shape index (κ2) is 7.27. The van der Waals surface area contributed by atoms with Crippen molar-refractivity contribution in [2.45, 2.75) is 56.9 Å². The summed E-state index contributed by atoms with van der Waals surface area (Å²) in [6, 6.07) is 2.02. The molecule has 2 N–H and O–H groups in total. The number of aromatic nitrogens is 2. The fourth-order valence-corrected chi connectivity index (χ4v) is 3.33. The van der Waals surface area contributed by atoms with Crippen LogP contribution in [-0.4, -0.2) is 28.3 Å². The summed E-state index contributed by atoms with van der Waals surface area (Å²) in [7, 11) is 1.91. The molecule has 6 heteroatoms. The maximum Gasteiger partial charge on any atom is 0.242 e. The molecule has 3 rings (SSSR count). The first-order chi connectivity index (χ1) is 9.74. The van der Waals surface area contributed by atoms with Crippen molar-refractivity contribution in [1.29, 1.82) is 0 Å². The molecule has 1 aromatic heterocycles. The largest absolute Gasteiger partial charge is 0.310 e. The second-order valence-corrected chi connectivity index (χ2v) is 6.05. The van der Waals surface area contributed by atoms with Crippen LogP contribution in [0.1, 0.15) is 56.6 Å². The van der Waals surface area contributed by atoms with Gasteiger partial charge in [-0.25, -0.2) is 0 Å². The van der Waals surface area contributed by atoms with E-state index in [-0.39, 0.29) is 24.4 Å². The van der Waals surface area contributed by atoms with Gasteiger partial charge in [0.25, 0.3) is 0 Å². The zero-order valence-corrected chi connectivity index (χ0v) is 13.4. The Labute approximate surface area is 132 Å². The van der Waals surface area contributed by atoms with Crippen molar-refractivity contribution in [2.75, 3.05) is 11.9 Å². The van der Waals surface area contributed by atoms with Gasteiger partial charge in [0.05, 0.1) is 11.7 Å². The molecule has 0 bridgehead atoms. The number of nitrogens with one attached hydrogen (secondary N) is 2. The Kier molecular flexibility index (Phi) is 5.65. The number of aryl methyl sites for hydroxylation is 1. The Morgan fingerprint density at radius 1 is 1.29 bits per heavy atom. The van der Waals surface area contributed by atoms with E-state index >= 15 is 0 Å². The summed E-state index contributed by atoms with van der Waals surface area (Å²) in [5.41, 5.74) is 1.14. The minimum atomic E-state index is -0.0389. The van der Waals surface area contributed by atoms with Crippen molar-refractivity contribution >= 4 is 24.1 Å². The maximum atomic E-state index is 12.1. The van der Waals surface area contributed by atoms with E-state index in [0.717, 1.165) is 30.9 Å². The van der Waals surface area contributed by atoms with E-state index in [1.54, 1.807) is 4.68 Å². The minimum absolute atomic E-state index is 0. The summed E-state index contributed by atoms with van der Waals surface area (Å²) in [5.74, 6) is 1.47. The first kappa shape index (κ1) is 16.3. The Hall–Kier alpha value is -1.07. The Morgan fingerprint density at radius 2 is 2.05 bits per heavy atom. The lowest BCUT2D eigenvalue weighted by molar-refractivity contribution is -0.117. The highest BCUT2D eigenvalue weighted by molar-refractivity contribution is 5.94. The van der Waals surface area contributed by atoms with Crippen LogP contribution in [0.3, 0.4) is 0 Å². The lowest BCUT2D eigenvalue weighted by Crippen LogP contribution is -2.35. The summed E-state index contributed by atoms with van der Waals surface area (Å²) in [5, 5.41) is 10.8. The smallest absolute Gasteiger partial charge is 0.242 e. The van der Waals surface area contributed by atoms with Gasteiger partial charge in [0.1, 0.15) is 5.82 Å². The lowest BCUT2D eigenvalue weighted by atomic mass is 9.87. The van der Waals surface area contributed by atoms with Crippen molar-refractivity contribution in [1.82, 2.24) is 15.1 Å². The molecule has 2 heterocycles. The molecule has 1 unspecified atom stereocenters. The molecule has 0 aromatic carbocycles. The second-order valence-electron chi connectivity index (χ2n) is 6.05. The van der Waals surface area contributed by atoms with Crippen LogP contribution >= 0.6 is 12.4 Å². The van der Waals surface area contributed by atoms with Crippen molar-refractivity contribution < 1.29 is 4.79 Å². The van der Waals surface area contributed by atoms with Crippen LogP contribution in [0.4, 0.5) is 5.82 Å². The third-order valence-corrected chi connectivity index (χ3v) is 4.55. The zero-order chi connectivity index (χ0) is 13.9. The highest BCUT2D eigenvalue weighted by Gasteiger charge is 2.24. The number of rotatable bonds is 3. The fraction of sp³-hybridized carbons (Fsp3) is 0.733. The minimum Gasteiger partial charge on any atom is -0.310 e. The van der Waals surface area contributed by atoms with Crippen LogP contribution in [0.2, 0.25) is 0 Å². The molecule has 118 valence electrons. The molecule has 0 radical (unpaired) electrons. The fourth-order valence-electron chi connectivity index (χ4n) is 3.33. The SMILES string of the molecule is Cl.Cn1nc(C2CCCCC2)cc1NC(=O)C1CCCN1. The summed E-state index contributed by atoms with van der Waals surface area (Å²) < 4.78 is 1.80. The predicted octanol–water partition coefficient (Wildman–Crippen LogP) is 2.58. The van der Waals surface area contributed by atoms with Crippen LogP contribution in [0.5, 0.6) is 0 Å². The zero-order valence-electron chi connectivity index (χ0n) is 12.6. The molecule has 1 aliphatic heterocycles. The van der Waals surface area contributed by atoms with Crippen LogP contribution < -0.4 is 10.6 Å². The first-order valence-corrected chi connectivity index (χ1v) is 7.82. The van der Waals surface area contributed by atoms with Crippen molar-refractivity contribution in [3.8, 4) is 0 Å². The number of anilines is 1. The van der Waals surface area contributed by atoms with Crippen molar-refractivity contribution in [2.24, 2.45) is 7.05 Å². The van der Waals surface area contributed by atoms with Gasteiger partial charge in [0, 0.05) is 19.0 Å². The predicted molar refractivity (Wildman–Crippen MR) is 85.9 cm³/mol. The Bertz CT molecular complexity index is 476. The van der Waals surface area contributed by atoms with Gasteiger partial charge >= 0.3 is 0 Å². The molecule has 1 saturated heterocycles. The number of nitrogens with zero attached hydrogens (tertiary/aromatic N) is 2. The topological polar surface area (TPSA) is 59.0 Å². The van der Waals surface area contributed by atoms with Gasteiger partial charge in [-0.1, -0.05) is 19.3 Å². The van der Waals surface area contributed by atoms with Crippen molar-refractivity contribution in [3.05, 3.63) is 11.8 Å². The van der Waals surface area contributed by atoms with E-state index in [0.29, 0.717) is 5.92 Å². The van der Waals surface area contributed by atoms with Gasteiger partial charge in [-0.2, -0.15) is 5.10 Å². The average molecular weight is 313 g/mol. The van der Waals surface area contributed by atoms with E-state index in [4.69, 9.17) is 0 Å². The third kappa shape index (κ3) is 3.77. The number of hydrogen-bond donors (Lipinski definition) is 2. The number of carbonyl (C=O) groups excluding carboxylic acids is 1. The monoisotopic (exact) mass is 312 g/mol. The number of amides is 1. The van der Waals surface area contributed by atoms with Crippen LogP contribution in [0, 0.1) is 0 Å². The molecule has 2 fully saturated rings. The molecule has 1 saturated carbocycles. The van der Waals surface area contributed by atoms with Crippen molar-refractivity contribution in [3.63, 3.8) is 0 Å². The number of halogens is 1. The molecular weight excluding hydrogens is 288 g/mol. The summed E-state index contributed by atoms with van der Waals surface area (Å²) in [6.07, 6.45) is 8.42. The molecule has 21 heavy (non-hydrogen) atoms. The normalized spacial score (nSPS) is 22.8. The van der Waals surface area contributed by atoms with Gasteiger partial charge in [-0.05, 0) is 32.2 Å². The quantitative estimate of drug-likeness (QED) is 0.902. The van der Waals surface area contributed by atoms with E-state index < -0.39 is 0 Å². The maximum absolute atomic E-state index is 12.1. The summed E-state index contributed by atoms with van der Waals surface area (Å²) >= 11 is 0. The van der Waals surface area contributed by atoms with Gasteiger partial charge < -0.3 is 10.6 Å². The summed E-state index contributed by atoms with van der Waals surface area (Å²) in [6.45, 7) is 0.941. The van der Waals surface area contributed by atoms with Gasteiger partial charge in [0.2, 0.25) is 5.91 Å². The highest BCUT2D eigenvalue weighted by atomic mass is 35.5. The van der Waals surface area contributed by atoms with Gasteiger partial charge in [-0.15, -0.1) is 12.4 Å². The lowest BCUT2D eigenvalue weighted by Gasteiger charge is -2.19. The van der Waals surface area contributed by atoms with E-state index in [1.165, 1.54) is 32.1 Å². The Morgan fingerprint density at radius 3 is 2.71 bits per heavy atom. The molecule has 1 aromatic rings. The standard InChI is InChI=1S/C15H24N4O.ClH/c1-19-14(17-15(20)12-8-5-9-16-12)10-13(18-19)11-6-3-2-4-7-11;/h10-12,16H,2-9H2,1H3,(H,17,20);1H. The molecular formula is C15H25ClN4O. The molecule has 0 spiro atoms. The summed E-state index contributed by atoms with van der Waals surface area (Å²) in [4.78, 5) is 12.1. The Balaban J connectivity index is 0.00000161.